The predicted molar refractivity (Wildman–Crippen MR) is 144 cm³/mol. The normalized spacial score (nSPS) is 10.6. The highest BCUT2D eigenvalue weighted by molar-refractivity contribution is 7.27. The third-order valence-electron chi connectivity index (χ3n) is 5.97. The summed E-state index contributed by atoms with van der Waals surface area (Å²) < 4.78 is 0. The van der Waals surface area contributed by atoms with Crippen molar-refractivity contribution in [2.75, 3.05) is 0 Å². The number of rotatable bonds is 4. The van der Waals surface area contributed by atoms with Gasteiger partial charge in [0.2, 0.25) is 0 Å². The van der Waals surface area contributed by atoms with E-state index >= 15 is 0 Å². The summed E-state index contributed by atoms with van der Waals surface area (Å²) in [6, 6.07) is 28.8. The second-order valence-electron chi connectivity index (χ2n) is 8.07. The van der Waals surface area contributed by atoms with Crippen LogP contribution in [0.3, 0.4) is 0 Å². The van der Waals surface area contributed by atoms with Crippen molar-refractivity contribution in [1.82, 2.24) is 4.98 Å². The third kappa shape index (κ3) is 4.01. The number of halogens is 1. The molecule has 1 aromatic heterocycles. The standard InChI is InChI=1S/C29H17ClN3OP/c30-25-11-17(16-34)7-9-23(25)18-3-1-4-19(12-18)29-28(24-13-22(35)8-10-26(24)33-29)27-20(14-31)5-2-6-21(27)15-32/h1-13,16,33H,35H2. The van der Waals surface area contributed by atoms with Gasteiger partial charge in [0.15, 0.2) is 0 Å². The minimum atomic E-state index is 0.434. The monoisotopic (exact) mass is 489 g/mol. The van der Waals surface area contributed by atoms with Crippen LogP contribution < -0.4 is 5.30 Å². The number of aldehydes is 1. The van der Waals surface area contributed by atoms with Crippen LogP contribution in [0.2, 0.25) is 5.02 Å². The van der Waals surface area contributed by atoms with Crippen molar-refractivity contribution in [3.8, 4) is 45.6 Å². The topological polar surface area (TPSA) is 80.4 Å². The van der Waals surface area contributed by atoms with Gasteiger partial charge in [-0.15, -0.1) is 9.24 Å². The van der Waals surface area contributed by atoms with Crippen LogP contribution in [0.4, 0.5) is 0 Å². The largest absolute Gasteiger partial charge is 0.354 e. The maximum absolute atomic E-state index is 11.1. The first-order chi connectivity index (χ1) is 17.0. The number of aromatic amines is 1. The van der Waals surface area contributed by atoms with Gasteiger partial charge in [0.05, 0.1) is 29.0 Å². The number of benzene rings is 4. The smallest absolute Gasteiger partial charge is 0.150 e. The molecule has 0 aliphatic carbocycles. The van der Waals surface area contributed by atoms with Gasteiger partial charge in [-0.1, -0.05) is 54.1 Å². The molecule has 6 heteroatoms. The fraction of sp³-hybridized carbons (Fsp3) is 0. The van der Waals surface area contributed by atoms with Gasteiger partial charge in [-0.05, 0) is 52.8 Å². The highest BCUT2D eigenvalue weighted by Crippen LogP contribution is 2.42. The molecule has 4 nitrogen and oxygen atoms in total. The van der Waals surface area contributed by atoms with Crippen LogP contribution in [0.1, 0.15) is 21.5 Å². The van der Waals surface area contributed by atoms with Gasteiger partial charge in [-0.25, -0.2) is 0 Å². The van der Waals surface area contributed by atoms with E-state index in [2.05, 4.69) is 26.4 Å². The number of nitrogens with zero attached hydrogens (tertiary/aromatic N) is 2. The van der Waals surface area contributed by atoms with Crippen LogP contribution in [0, 0.1) is 22.7 Å². The lowest BCUT2D eigenvalue weighted by Crippen LogP contribution is -1.93. The number of H-pyrrole nitrogens is 1. The van der Waals surface area contributed by atoms with Gasteiger partial charge in [0.1, 0.15) is 6.29 Å². The lowest BCUT2D eigenvalue weighted by Gasteiger charge is -2.12. The van der Waals surface area contributed by atoms with Crippen molar-refractivity contribution in [3.05, 3.63) is 101 Å². The molecule has 1 atom stereocenters. The van der Waals surface area contributed by atoms with E-state index in [-0.39, 0.29) is 0 Å². The SMILES string of the molecule is N#Cc1cccc(C#N)c1-c1c(-c2cccc(-c3ccc(C=O)cc3Cl)c2)[nH]c2ccc(P)cc12. The number of aromatic nitrogens is 1. The summed E-state index contributed by atoms with van der Waals surface area (Å²) in [5.41, 5.74) is 7.06. The molecule has 166 valence electrons. The van der Waals surface area contributed by atoms with E-state index in [0.29, 0.717) is 27.3 Å². The van der Waals surface area contributed by atoms with Crippen molar-refractivity contribution in [2.45, 2.75) is 0 Å². The summed E-state index contributed by atoms with van der Waals surface area (Å²) in [4.78, 5) is 14.6. The number of carbonyl (C=O) groups is 1. The Bertz CT molecular complexity index is 1690. The zero-order valence-corrected chi connectivity index (χ0v) is 20.3. The fourth-order valence-electron chi connectivity index (χ4n) is 4.37. The molecule has 0 aliphatic rings. The van der Waals surface area contributed by atoms with E-state index in [1.54, 1.807) is 30.3 Å². The number of hydrogen-bond acceptors (Lipinski definition) is 3. The molecule has 1 heterocycles. The van der Waals surface area contributed by atoms with Crippen LogP contribution in [-0.4, -0.2) is 11.3 Å². The maximum atomic E-state index is 11.1. The molecule has 1 unspecified atom stereocenters. The van der Waals surface area contributed by atoms with E-state index in [4.69, 9.17) is 11.6 Å². The van der Waals surface area contributed by atoms with Crippen LogP contribution >= 0.6 is 20.8 Å². The quantitative estimate of drug-likeness (QED) is 0.221. The molecule has 5 rings (SSSR count). The van der Waals surface area contributed by atoms with Crippen LogP contribution in [0.5, 0.6) is 0 Å². The first-order valence-electron chi connectivity index (χ1n) is 10.7. The van der Waals surface area contributed by atoms with E-state index in [9.17, 15) is 15.3 Å². The molecule has 0 fully saturated rings. The Morgan fingerprint density at radius 1 is 0.829 bits per heavy atom. The van der Waals surface area contributed by atoms with Gasteiger partial charge in [0, 0.05) is 38.2 Å². The molecule has 0 bridgehead atoms. The van der Waals surface area contributed by atoms with Crippen molar-refractivity contribution < 1.29 is 4.79 Å². The first-order valence-corrected chi connectivity index (χ1v) is 11.7. The molecule has 0 saturated heterocycles. The summed E-state index contributed by atoms with van der Waals surface area (Å²) >= 11 is 6.49. The highest BCUT2D eigenvalue weighted by atomic mass is 35.5. The van der Waals surface area contributed by atoms with Gasteiger partial charge in [-0.3, -0.25) is 4.79 Å². The molecule has 5 aromatic rings. The Hall–Kier alpha value is -4.21. The van der Waals surface area contributed by atoms with Crippen molar-refractivity contribution in [3.63, 3.8) is 0 Å². The minimum absolute atomic E-state index is 0.434. The van der Waals surface area contributed by atoms with Gasteiger partial charge in [0.25, 0.3) is 0 Å². The molecule has 0 amide bonds. The second kappa shape index (κ2) is 9.21. The summed E-state index contributed by atoms with van der Waals surface area (Å²) in [6.07, 6.45) is 0.766. The summed E-state index contributed by atoms with van der Waals surface area (Å²) in [5.74, 6) is 0. The van der Waals surface area contributed by atoms with E-state index < -0.39 is 0 Å². The zero-order valence-electron chi connectivity index (χ0n) is 18.3. The van der Waals surface area contributed by atoms with E-state index in [0.717, 1.165) is 50.4 Å². The molecule has 4 aromatic carbocycles. The van der Waals surface area contributed by atoms with Crippen molar-refractivity contribution >= 4 is 43.3 Å². The Morgan fingerprint density at radius 3 is 2.23 bits per heavy atom. The van der Waals surface area contributed by atoms with Gasteiger partial charge >= 0.3 is 0 Å². The number of nitriles is 2. The summed E-state index contributed by atoms with van der Waals surface area (Å²) in [7, 11) is 2.70. The molecule has 0 radical (unpaired) electrons. The summed E-state index contributed by atoms with van der Waals surface area (Å²) in [5, 5.41) is 22.2. The molecular weight excluding hydrogens is 473 g/mol. The Balaban J connectivity index is 1.81. The average molecular weight is 490 g/mol. The Labute approximate surface area is 209 Å². The van der Waals surface area contributed by atoms with Crippen molar-refractivity contribution in [2.24, 2.45) is 0 Å². The minimum Gasteiger partial charge on any atom is -0.354 e. The van der Waals surface area contributed by atoms with Crippen molar-refractivity contribution in [1.29, 1.82) is 10.5 Å². The number of nitrogens with one attached hydrogen (secondary N) is 1. The molecule has 0 spiro atoms. The van der Waals surface area contributed by atoms with Crippen LogP contribution in [0.15, 0.2) is 78.9 Å². The zero-order chi connectivity index (χ0) is 24.5. The number of fused-ring (bicyclic) bond motifs is 1. The Kier molecular flexibility index (Phi) is 5.94. The maximum Gasteiger partial charge on any atom is 0.150 e. The van der Waals surface area contributed by atoms with Crippen LogP contribution in [0.25, 0.3) is 44.4 Å². The molecule has 0 saturated carbocycles. The predicted octanol–water partition coefficient (Wildman–Crippen LogP) is 6.88. The molecule has 35 heavy (non-hydrogen) atoms. The lowest BCUT2D eigenvalue weighted by molar-refractivity contribution is 0.112. The third-order valence-corrected chi connectivity index (χ3v) is 6.64. The van der Waals surface area contributed by atoms with Gasteiger partial charge < -0.3 is 4.98 Å². The second-order valence-corrected chi connectivity index (χ2v) is 9.14. The number of carbonyl (C=O) groups excluding carboxylic acids is 1. The van der Waals surface area contributed by atoms with E-state index in [1.807, 2.05) is 48.5 Å². The lowest BCUT2D eigenvalue weighted by atomic mass is 9.90. The molecular formula is C29H17ClN3OP. The average Bonchev–Trinajstić information content (AvgIpc) is 3.26. The van der Waals surface area contributed by atoms with Crippen LogP contribution in [-0.2, 0) is 0 Å². The fourth-order valence-corrected chi connectivity index (χ4v) is 4.94. The summed E-state index contributed by atoms with van der Waals surface area (Å²) in [6.45, 7) is 0. The van der Waals surface area contributed by atoms with E-state index in [1.165, 1.54) is 0 Å². The molecule has 1 N–H and O–H groups in total. The van der Waals surface area contributed by atoms with Gasteiger partial charge in [-0.2, -0.15) is 10.5 Å². The number of hydrogen-bond donors (Lipinski definition) is 1. The highest BCUT2D eigenvalue weighted by Gasteiger charge is 2.21. The molecule has 0 aliphatic heterocycles. The Morgan fingerprint density at radius 2 is 1.54 bits per heavy atom. The first kappa shape index (κ1) is 22.6.